The highest BCUT2D eigenvalue weighted by Gasteiger charge is 1.89. The van der Waals surface area contributed by atoms with Gasteiger partial charge in [-0.25, -0.2) is 4.39 Å². The summed E-state index contributed by atoms with van der Waals surface area (Å²) in [4.78, 5) is 0. The van der Waals surface area contributed by atoms with Crippen molar-refractivity contribution < 1.29 is 4.39 Å². The van der Waals surface area contributed by atoms with Gasteiger partial charge in [-0.3, -0.25) is 0 Å². The molecule has 0 radical (unpaired) electrons. The zero-order valence-corrected chi connectivity index (χ0v) is 13.2. The lowest BCUT2D eigenvalue weighted by Crippen LogP contribution is -1.74. The molecular formula is C16H33F. The fourth-order valence-electron chi connectivity index (χ4n) is 0.612. The zero-order valence-electron chi connectivity index (χ0n) is 13.2. The Hall–Kier alpha value is -0.850. The Labute approximate surface area is 109 Å². The van der Waals surface area contributed by atoms with Crippen molar-refractivity contribution >= 4 is 0 Å². The third-order valence-electron chi connectivity index (χ3n) is 1.50. The summed E-state index contributed by atoms with van der Waals surface area (Å²) in [5.74, 6) is -0.132. The quantitative estimate of drug-likeness (QED) is 0.374. The van der Waals surface area contributed by atoms with Crippen LogP contribution in [-0.2, 0) is 0 Å². The first kappa shape index (κ1) is 25.1. The molecule has 0 saturated heterocycles. The molecule has 0 aliphatic heterocycles. The molecule has 0 N–H and O–H groups in total. The highest BCUT2D eigenvalue weighted by molar-refractivity contribution is 5.09. The minimum absolute atomic E-state index is 0.132. The lowest BCUT2D eigenvalue weighted by atomic mass is 10.2. The van der Waals surface area contributed by atoms with Gasteiger partial charge in [-0.15, -0.1) is 0 Å². The summed E-state index contributed by atoms with van der Waals surface area (Å²) in [5, 5.41) is 0. The Morgan fingerprint density at radius 1 is 1.06 bits per heavy atom. The maximum absolute atomic E-state index is 12.6. The molecule has 0 aromatic carbocycles. The molecule has 0 aromatic rings. The Bertz CT molecular complexity index is 176. The van der Waals surface area contributed by atoms with Gasteiger partial charge >= 0.3 is 0 Å². The number of allylic oxidation sites excluding steroid dienone is 5. The molecule has 0 spiro atoms. The van der Waals surface area contributed by atoms with Crippen LogP contribution >= 0.6 is 0 Å². The van der Waals surface area contributed by atoms with Crippen LogP contribution in [-0.4, -0.2) is 0 Å². The molecule has 0 bridgehead atoms. The zero-order chi connectivity index (χ0) is 14.7. The van der Waals surface area contributed by atoms with E-state index in [9.17, 15) is 4.39 Å². The molecule has 1 heteroatoms. The highest BCUT2D eigenvalue weighted by Crippen LogP contribution is 2.08. The minimum atomic E-state index is -0.132. The predicted molar refractivity (Wildman–Crippen MR) is 82.1 cm³/mol. The van der Waals surface area contributed by atoms with Gasteiger partial charge in [0, 0.05) is 6.42 Å². The van der Waals surface area contributed by atoms with E-state index in [1.807, 2.05) is 54.5 Å². The summed E-state index contributed by atoms with van der Waals surface area (Å²) in [6, 6.07) is 0. The molecule has 0 aromatic heterocycles. The molecule has 0 amide bonds. The SMILES string of the molecule is C=C/C=C(/F)C/C=C(\C)CC.CC.CC.CC. The first-order chi connectivity index (χ1) is 8.20. The van der Waals surface area contributed by atoms with Crippen molar-refractivity contribution in [3.8, 4) is 0 Å². The third-order valence-corrected chi connectivity index (χ3v) is 1.50. The maximum atomic E-state index is 12.6. The molecule has 0 heterocycles. The average molecular weight is 244 g/mol. The molecule has 0 fully saturated rings. The summed E-state index contributed by atoms with van der Waals surface area (Å²) in [7, 11) is 0. The summed E-state index contributed by atoms with van der Waals surface area (Å²) in [6.45, 7) is 19.5. The second-order valence-electron chi connectivity index (χ2n) is 2.46. The minimum Gasteiger partial charge on any atom is -0.211 e. The van der Waals surface area contributed by atoms with Crippen molar-refractivity contribution in [3.05, 3.63) is 36.2 Å². The van der Waals surface area contributed by atoms with Crippen LogP contribution < -0.4 is 0 Å². The molecule has 0 saturated carbocycles. The standard InChI is InChI=1S/C10H15F.3C2H6/c1-4-6-10(11)8-7-9(3)5-2;3*1-2/h4,6-7H,1,5,8H2,2-3H3;3*1-2H3/b9-7+,10-6+;;;. The number of hydrogen-bond acceptors (Lipinski definition) is 0. The second kappa shape index (κ2) is 29.4. The second-order valence-corrected chi connectivity index (χ2v) is 2.46. The number of rotatable bonds is 4. The Kier molecular flexibility index (Phi) is 43.5. The Morgan fingerprint density at radius 2 is 1.47 bits per heavy atom. The van der Waals surface area contributed by atoms with E-state index in [1.165, 1.54) is 17.7 Å². The molecule has 0 aliphatic rings. The van der Waals surface area contributed by atoms with Crippen molar-refractivity contribution in [2.75, 3.05) is 0 Å². The van der Waals surface area contributed by atoms with Crippen molar-refractivity contribution in [1.29, 1.82) is 0 Å². The van der Waals surface area contributed by atoms with Gasteiger partial charge in [0.2, 0.25) is 0 Å². The first-order valence-corrected chi connectivity index (χ1v) is 6.83. The normalized spacial score (nSPS) is 9.71. The van der Waals surface area contributed by atoms with E-state index in [0.29, 0.717) is 6.42 Å². The van der Waals surface area contributed by atoms with Crippen molar-refractivity contribution in [3.63, 3.8) is 0 Å². The maximum Gasteiger partial charge on any atom is 0.104 e. The lowest BCUT2D eigenvalue weighted by Gasteiger charge is -1.93. The number of halogens is 1. The third kappa shape index (κ3) is 31.3. The van der Waals surface area contributed by atoms with Gasteiger partial charge in [-0.2, -0.15) is 0 Å². The Morgan fingerprint density at radius 3 is 1.76 bits per heavy atom. The molecule has 104 valence electrons. The molecule has 0 unspecified atom stereocenters. The first-order valence-electron chi connectivity index (χ1n) is 6.83. The van der Waals surface area contributed by atoms with Crippen molar-refractivity contribution in [1.82, 2.24) is 0 Å². The predicted octanol–water partition coefficient (Wildman–Crippen LogP) is 6.85. The van der Waals surface area contributed by atoms with Crippen LogP contribution in [0.4, 0.5) is 4.39 Å². The van der Waals surface area contributed by atoms with Gasteiger partial charge in [0.05, 0.1) is 0 Å². The van der Waals surface area contributed by atoms with Gasteiger partial charge in [0.1, 0.15) is 5.83 Å². The summed E-state index contributed by atoms with van der Waals surface area (Å²) in [6.07, 6.45) is 6.13. The van der Waals surface area contributed by atoms with Crippen LogP contribution in [0, 0.1) is 0 Å². The average Bonchev–Trinajstić information content (AvgIpc) is 2.43. The summed E-state index contributed by atoms with van der Waals surface area (Å²) >= 11 is 0. The van der Waals surface area contributed by atoms with E-state index in [2.05, 4.69) is 13.5 Å². The van der Waals surface area contributed by atoms with E-state index < -0.39 is 0 Å². The highest BCUT2D eigenvalue weighted by atomic mass is 19.1. The fraction of sp³-hybridized carbons (Fsp3) is 0.625. The van der Waals surface area contributed by atoms with Gasteiger partial charge in [0.15, 0.2) is 0 Å². The van der Waals surface area contributed by atoms with E-state index in [4.69, 9.17) is 0 Å². The Balaban J connectivity index is -0.000000121. The molecular weight excluding hydrogens is 211 g/mol. The monoisotopic (exact) mass is 244 g/mol. The molecule has 0 nitrogen and oxygen atoms in total. The van der Waals surface area contributed by atoms with E-state index in [1.54, 1.807) is 0 Å². The largest absolute Gasteiger partial charge is 0.211 e. The topological polar surface area (TPSA) is 0 Å². The van der Waals surface area contributed by atoms with E-state index in [-0.39, 0.29) is 5.83 Å². The number of hydrogen-bond donors (Lipinski definition) is 0. The fourth-order valence-corrected chi connectivity index (χ4v) is 0.612. The van der Waals surface area contributed by atoms with Gasteiger partial charge in [-0.1, -0.05) is 72.8 Å². The van der Waals surface area contributed by atoms with Crippen LogP contribution in [0.5, 0.6) is 0 Å². The van der Waals surface area contributed by atoms with E-state index in [0.717, 1.165) is 6.42 Å². The van der Waals surface area contributed by atoms with Gasteiger partial charge < -0.3 is 0 Å². The molecule has 0 atom stereocenters. The van der Waals surface area contributed by atoms with Crippen LogP contribution in [0.25, 0.3) is 0 Å². The van der Waals surface area contributed by atoms with Crippen LogP contribution in [0.3, 0.4) is 0 Å². The molecule has 17 heavy (non-hydrogen) atoms. The van der Waals surface area contributed by atoms with Crippen molar-refractivity contribution in [2.24, 2.45) is 0 Å². The lowest BCUT2D eigenvalue weighted by molar-refractivity contribution is 0.617. The summed E-state index contributed by atoms with van der Waals surface area (Å²) in [5.41, 5.74) is 1.22. The van der Waals surface area contributed by atoms with Gasteiger partial charge in [-0.05, 0) is 19.4 Å². The smallest absolute Gasteiger partial charge is 0.104 e. The van der Waals surface area contributed by atoms with Crippen LogP contribution in [0.1, 0.15) is 68.2 Å². The van der Waals surface area contributed by atoms with Crippen LogP contribution in [0.15, 0.2) is 36.2 Å². The van der Waals surface area contributed by atoms with Gasteiger partial charge in [0.25, 0.3) is 0 Å². The van der Waals surface area contributed by atoms with Crippen molar-refractivity contribution in [2.45, 2.75) is 68.2 Å². The summed E-state index contributed by atoms with van der Waals surface area (Å²) < 4.78 is 12.6. The van der Waals surface area contributed by atoms with E-state index >= 15 is 0 Å². The van der Waals surface area contributed by atoms with Crippen LogP contribution in [0.2, 0.25) is 0 Å². The molecule has 0 rings (SSSR count). The molecule has 0 aliphatic carbocycles.